The van der Waals surface area contributed by atoms with Crippen molar-refractivity contribution in [1.29, 1.82) is 0 Å². The average Bonchev–Trinajstić information content (AvgIpc) is 3.25. The van der Waals surface area contributed by atoms with Crippen molar-refractivity contribution in [2.45, 2.75) is 12.8 Å². The number of hydrogen-bond acceptors (Lipinski definition) is 5. The van der Waals surface area contributed by atoms with Crippen LogP contribution in [-0.4, -0.2) is 41.0 Å². The normalized spacial score (nSPS) is 10.6. The Morgan fingerprint density at radius 2 is 1.71 bits per heavy atom. The monoisotopic (exact) mass is 456 g/mol. The van der Waals surface area contributed by atoms with Crippen LogP contribution < -0.4 is 10.6 Å². The summed E-state index contributed by atoms with van der Waals surface area (Å²) in [6, 6.07) is 24.3. The first-order valence-electron chi connectivity index (χ1n) is 10.8. The minimum absolute atomic E-state index is 0.196. The Labute approximate surface area is 196 Å². The van der Waals surface area contributed by atoms with E-state index >= 15 is 0 Å². The van der Waals surface area contributed by atoms with Gasteiger partial charge in [0.25, 0.3) is 5.91 Å². The lowest BCUT2D eigenvalue weighted by Crippen LogP contribution is -2.30. The maximum absolute atomic E-state index is 12.7. The van der Waals surface area contributed by atoms with Crippen LogP contribution in [0.2, 0.25) is 0 Å². The number of aryl methyl sites for hydroxylation is 1. The molecular weight excluding hydrogens is 432 g/mol. The van der Waals surface area contributed by atoms with E-state index in [9.17, 15) is 14.4 Å². The van der Waals surface area contributed by atoms with Crippen LogP contribution in [0.4, 0.5) is 5.69 Å². The molecule has 4 rings (SSSR count). The van der Waals surface area contributed by atoms with Gasteiger partial charge in [-0.15, -0.1) is 0 Å². The minimum Gasteiger partial charge on any atom is -0.468 e. The molecule has 1 aromatic heterocycles. The van der Waals surface area contributed by atoms with Crippen molar-refractivity contribution < 1.29 is 19.1 Å². The molecule has 2 amide bonds. The molecule has 0 fully saturated rings. The van der Waals surface area contributed by atoms with E-state index in [-0.39, 0.29) is 18.9 Å². The lowest BCUT2D eigenvalue weighted by atomic mass is 10.1. The molecule has 0 aliphatic rings. The summed E-state index contributed by atoms with van der Waals surface area (Å²) in [6.45, 7) is -0.228. The van der Waals surface area contributed by atoms with E-state index in [4.69, 9.17) is 4.98 Å². The number of ether oxygens (including phenoxy) is 1. The Kier molecular flexibility index (Phi) is 6.98. The van der Waals surface area contributed by atoms with Gasteiger partial charge in [-0.2, -0.15) is 0 Å². The number of methoxy groups -OCH3 is 1. The fourth-order valence-corrected chi connectivity index (χ4v) is 3.62. The number of rotatable bonds is 8. The molecule has 34 heavy (non-hydrogen) atoms. The number of carbonyl (C=O) groups is 3. The summed E-state index contributed by atoms with van der Waals surface area (Å²) in [5, 5.41) is 5.30. The lowest BCUT2D eigenvalue weighted by molar-refractivity contribution is -0.139. The molecule has 0 bridgehead atoms. The molecule has 2 N–H and O–H groups in total. The van der Waals surface area contributed by atoms with Crippen LogP contribution in [0.5, 0.6) is 0 Å². The number of esters is 1. The highest BCUT2D eigenvalue weighted by molar-refractivity contribution is 5.98. The van der Waals surface area contributed by atoms with Crippen LogP contribution in [0.15, 0.2) is 78.9 Å². The summed E-state index contributed by atoms with van der Waals surface area (Å²) in [4.78, 5) is 40.9. The van der Waals surface area contributed by atoms with Gasteiger partial charge in [-0.3, -0.25) is 19.0 Å². The summed E-state index contributed by atoms with van der Waals surface area (Å²) < 4.78 is 6.58. The molecule has 8 nitrogen and oxygen atoms in total. The van der Waals surface area contributed by atoms with Crippen LogP contribution in [0.1, 0.15) is 22.6 Å². The molecule has 1 heterocycles. The van der Waals surface area contributed by atoms with E-state index in [0.717, 1.165) is 22.5 Å². The first-order chi connectivity index (χ1) is 16.5. The van der Waals surface area contributed by atoms with Gasteiger partial charge in [0.05, 0.1) is 18.1 Å². The summed E-state index contributed by atoms with van der Waals surface area (Å²) in [6.07, 6.45) is 0.656. The second-order valence-corrected chi connectivity index (χ2v) is 7.58. The Morgan fingerprint density at radius 3 is 2.50 bits per heavy atom. The number of fused-ring (bicyclic) bond motifs is 1. The zero-order valence-electron chi connectivity index (χ0n) is 18.7. The molecule has 3 aromatic carbocycles. The Morgan fingerprint density at radius 1 is 0.941 bits per heavy atom. The number of benzene rings is 3. The minimum atomic E-state index is -0.542. The maximum Gasteiger partial charge on any atom is 0.325 e. The molecule has 0 radical (unpaired) electrons. The molecule has 0 aliphatic carbocycles. The summed E-state index contributed by atoms with van der Waals surface area (Å²) in [5.41, 5.74) is 3.65. The van der Waals surface area contributed by atoms with Crippen LogP contribution >= 0.6 is 0 Å². The molecule has 8 heteroatoms. The Hall–Kier alpha value is -4.46. The van der Waals surface area contributed by atoms with Crippen molar-refractivity contribution in [3.8, 4) is 5.69 Å². The van der Waals surface area contributed by atoms with Gasteiger partial charge in [0.2, 0.25) is 5.91 Å². The fourth-order valence-electron chi connectivity index (χ4n) is 3.62. The molecule has 0 saturated carbocycles. The fraction of sp³-hybridized carbons (Fsp3) is 0.154. The zero-order valence-corrected chi connectivity index (χ0v) is 18.7. The largest absolute Gasteiger partial charge is 0.468 e. The van der Waals surface area contributed by atoms with Gasteiger partial charge < -0.3 is 15.4 Å². The molecule has 0 aliphatic heterocycles. The SMILES string of the molecule is COC(=O)CNC(=O)c1cccc(NC(=O)CCc2nc3ccccc3n2-c2ccccc2)c1. The smallest absolute Gasteiger partial charge is 0.325 e. The summed E-state index contributed by atoms with van der Waals surface area (Å²) in [5.74, 6) is -0.380. The van der Waals surface area contributed by atoms with E-state index in [1.54, 1.807) is 24.3 Å². The van der Waals surface area contributed by atoms with E-state index in [0.29, 0.717) is 17.7 Å². The van der Waals surface area contributed by atoms with Gasteiger partial charge >= 0.3 is 5.97 Å². The maximum atomic E-state index is 12.7. The van der Waals surface area contributed by atoms with Gasteiger partial charge in [0.1, 0.15) is 12.4 Å². The van der Waals surface area contributed by atoms with Crippen LogP contribution in [0.25, 0.3) is 16.7 Å². The molecule has 0 atom stereocenters. The highest BCUT2D eigenvalue weighted by Crippen LogP contribution is 2.22. The number of amides is 2. The van der Waals surface area contributed by atoms with E-state index in [1.165, 1.54) is 7.11 Å². The predicted octanol–water partition coefficient (Wildman–Crippen LogP) is 3.50. The number of hydrogen-bond donors (Lipinski definition) is 2. The molecule has 172 valence electrons. The van der Waals surface area contributed by atoms with E-state index < -0.39 is 11.9 Å². The topological polar surface area (TPSA) is 102 Å². The van der Waals surface area contributed by atoms with Crippen molar-refractivity contribution in [1.82, 2.24) is 14.9 Å². The van der Waals surface area contributed by atoms with Gasteiger partial charge in [0.15, 0.2) is 0 Å². The highest BCUT2D eigenvalue weighted by Gasteiger charge is 2.14. The second kappa shape index (κ2) is 10.4. The van der Waals surface area contributed by atoms with Crippen LogP contribution in [-0.2, 0) is 20.7 Å². The Balaban J connectivity index is 1.44. The van der Waals surface area contributed by atoms with Crippen LogP contribution in [0, 0.1) is 0 Å². The molecule has 0 unspecified atom stereocenters. The van der Waals surface area contributed by atoms with Gasteiger partial charge in [-0.1, -0.05) is 36.4 Å². The molecule has 0 saturated heterocycles. The number of nitrogens with zero attached hydrogens (tertiary/aromatic N) is 2. The van der Waals surface area contributed by atoms with Crippen molar-refractivity contribution in [3.63, 3.8) is 0 Å². The third-order valence-corrected chi connectivity index (χ3v) is 5.25. The van der Waals surface area contributed by atoms with E-state index in [1.807, 2.05) is 54.6 Å². The predicted molar refractivity (Wildman–Crippen MR) is 129 cm³/mol. The van der Waals surface area contributed by atoms with Crippen molar-refractivity contribution in [2.75, 3.05) is 19.0 Å². The first kappa shape index (κ1) is 22.7. The average molecular weight is 457 g/mol. The Bertz CT molecular complexity index is 1330. The standard InChI is InChI=1S/C26H24N4O4/c1-34-25(32)17-27-26(33)18-8-7-9-19(16-18)28-24(31)15-14-23-29-21-12-5-6-13-22(21)30(23)20-10-3-2-4-11-20/h2-13,16H,14-15,17H2,1H3,(H,27,33)(H,28,31). The number of para-hydroxylation sites is 3. The summed E-state index contributed by atoms with van der Waals surface area (Å²) in [7, 11) is 1.25. The second-order valence-electron chi connectivity index (χ2n) is 7.58. The number of nitrogens with one attached hydrogen (secondary N) is 2. The van der Waals surface area contributed by atoms with Crippen LogP contribution in [0.3, 0.4) is 0 Å². The zero-order chi connectivity index (χ0) is 23.9. The highest BCUT2D eigenvalue weighted by atomic mass is 16.5. The molecular formula is C26H24N4O4. The molecule has 0 spiro atoms. The molecule has 4 aromatic rings. The first-order valence-corrected chi connectivity index (χ1v) is 10.8. The number of carbonyl (C=O) groups excluding carboxylic acids is 3. The lowest BCUT2D eigenvalue weighted by Gasteiger charge is -2.10. The van der Waals surface area contributed by atoms with Crippen molar-refractivity contribution >= 4 is 34.5 Å². The number of aromatic nitrogens is 2. The van der Waals surface area contributed by atoms with E-state index in [2.05, 4.69) is 19.9 Å². The quantitative estimate of drug-likeness (QED) is 0.395. The summed E-state index contributed by atoms with van der Waals surface area (Å²) >= 11 is 0. The van der Waals surface area contributed by atoms with Gasteiger partial charge in [-0.25, -0.2) is 4.98 Å². The van der Waals surface area contributed by atoms with Gasteiger partial charge in [-0.05, 0) is 42.5 Å². The van der Waals surface area contributed by atoms with Gasteiger partial charge in [0, 0.05) is 29.8 Å². The van der Waals surface area contributed by atoms with Crippen molar-refractivity contribution in [3.05, 3.63) is 90.3 Å². The third-order valence-electron chi connectivity index (χ3n) is 5.25. The van der Waals surface area contributed by atoms with Crippen molar-refractivity contribution in [2.24, 2.45) is 0 Å². The number of anilines is 1. The third kappa shape index (κ3) is 5.29. The number of imidazole rings is 1.